The molecular formula is C9H9N3O2. The number of pyridine rings is 1. The predicted octanol–water partition coefficient (Wildman–Crippen LogP) is -0.0698. The van der Waals surface area contributed by atoms with Gasteiger partial charge in [0.25, 0.3) is 5.56 Å². The quantitative estimate of drug-likeness (QED) is 0.633. The van der Waals surface area contributed by atoms with Gasteiger partial charge in [-0.2, -0.15) is 0 Å². The number of hydrogen-bond donors (Lipinski definition) is 1. The van der Waals surface area contributed by atoms with E-state index in [1.165, 1.54) is 7.05 Å². The first kappa shape index (κ1) is 8.68. The van der Waals surface area contributed by atoms with Gasteiger partial charge in [-0.25, -0.2) is 9.78 Å². The van der Waals surface area contributed by atoms with E-state index in [2.05, 4.69) is 9.97 Å². The van der Waals surface area contributed by atoms with Gasteiger partial charge < -0.3 is 0 Å². The summed E-state index contributed by atoms with van der Waals surface area (Å²) >= 11 is 0. The molecule has 2 rings (SSSR count). The van der Waals surface area contributed by atoms with E-state index in [4.69, 9.17) is 0 Å². The van der Waals surface area contributed by atoms with Crippen LogP contribution in [-0.4, -0.2) is 14.5 Å². The van der Waals surface area contributed by atoms with E-state index in [1.54, 1.807) is 12.3 Å². The van der Waals surface area contributed by atoms with Crippen molar-refractivity contribution < 1.29 is 0 Å². The first-order chi connectivity index (χ1) is 6.59. The van der Waals surface area contributed by atoms with E-state index < -0.39 is 5.69 Å². The van der Waals surface area contributed by atoms with Crippen molar-refractivity contribution >= 4 is 11.0 Å². The molecule has 5 heteroatoms. The van der Waals surface area contributed by atoms with Gasteiger partial charge in [0.1, 0.15) is 5.65 Å². The van der Waals surface area contributed by atoms with E-state index in [1.807, 2.05) is 6.92 Å². The second-order valence-electron chi connectivity index (χ2n) is 3.20. The minimum atomic E-state index is -0.446. The maximum atomic E-state index is 11.6. The molecule has 0 saturated carbocycles. The summed E-state index contributed by atoms with van der Waals surface area (Å²) in [5.74, 6) is 0. The molecule has 0 aromatic carbocycles. The van der Waals surface area contributed by atoms with Crippen molar-refractivity contribution in [2.24, 2.45) is 7.05 Å². The summed E-state index contributed by atoms with van der Waals surface area (Å²) < 4.78 is 1.03. The fraction of sp³-hybridized carbons (Fsp3) is 0.222. The number of nitrogens with one attached hydrogen (secondary N) is 1. The third-order valence-electron chi connectivity index (χ3n) is 2.09. The summed E-state index contributed by atoms with van der Waals surface area (Å²) in [4.78, 5) is 29.3. The maximum absolute atomic E-state index is 11.6. The summed E-state index contributed by atoms with van der Waals surface area (Å²) in [6, 6.07) is 1.71. The smallest absolute Gasteiger partial charge is 0.291 e. The van der Waals surface area contributed by atoms with Gasteiger partial charge in [0, 0.05) is 13.2 Å². The van der Waals surface area contributed by atoms with Crippen LogP contribution in [0.4, 0.5) is 0 Å². The molecule has 0 spiro atoms. The van der Waals surface area contributed by atoms with Crippen LogP contribution >= 0.6 is 0 Å². The number of aromatic amines is 1. The van der Waals surface area contributed by atoms with Crippen molar-refractivity contribution in [3.63, 3.8) is 0 Å². The average Bonchev–Trinajstić information content (AvgIpc) is 2.16. The minimum Gasteiger partial charge on any atom is -0.291 e. The van der Waals surface area contributed by atoms with Gasteiger partial charge in [0.2, 0.25) is 0 Å². The summed E-state index contributed by atoms with van der Waals surface area (Å²) in [7, 11) is 1.43. The molecule has 0 aliphatic heterocycles. The van der Waals surface area contributed by atoms with Crippen LogP contribution in [0, 0.1) is 6.92 Å². The summed E-state index contributed by atoms with van der Waals surface area (Å²) in [5, 5.41) is 0.437. The molecule has 0 radical (unpaired) electrons. The highest BCUT2D eigenvalue weighted by atomic mass is 16.2. The Kier molecular flexibility index (Phi) is 1.73. The van der Waals surface area contributed by atoms with E-state index in [-0.39, 0.29) is 5.56 Å². The van der Waals surface area contributed by atoms with Crippen molar-refractivity contribution in [1.82, 2.24) is 14.5 Å². The van der Waals surface area contributed by atoms with E-state index in [9.17, 15) is 9.59 Å². The first-order valence-corrected chi connectivity index (χ1v) is 4.15. The van der Waals surface area contributed by atoms with Crippen LogP contribution < -0.4 is 11.2 Å². The molecule has 1 N–H and O–H groups in total. The van der Waals surface area contributed by atoms with Gasteiger partial charge >= 0.3 is 5.69 Å². The van der Waals surface area contributed by atoms with Crippen molar-refractivity contribution in [3.05, 3.63) is 38.7 Å². The van der Waals surface area contributed by atoms with Crippen LogP contribution in [0.25, 0.3) is 11.0 Å². The van der Waals surface area contributed by atoms with E-state index in [0.717, 1.165) is 10.1 Å². The predicted molar refractivity (Wildman–Crippen MR) is 52.3 cm³/mol. The van der Waals surface area contributed by atoms with Crippen LogP contribution in [0.2, 0.25) is 0 Å². The molecule has 0 amide bonds. The molecule has 0 aliphatic carbocycles. The number of aromatic nitrogens is 3. The molecule has 5 nitrogen and oxygen atoms in total. The Morgan fingerprint density at radius 1 is 1.43 bits per heavy atom. The number of H-pyrrole nitrogens is 1. The first-order valence-electron chi connectivity index (χ1n) is 4.15. The van der Waals surface area contributed by atoms with Gasteiger partial charge in [-0.1, -0.05) is 0 Å². The number of nitrogens with zero attached hydrogens (tertiary/aromatic N) is 2. The molecule has 0 fully saturated rings. The van der Waals surface area contributed by atoms with Crippen LogP contribution in [0.1, 0.15) is 5.56 Å². The number of hydrogen-bond acceptors (Lipinski definition) is 3. The molecule has 0 bridgehead atoms. The number of rotatable bonds is 0. The summed E-state index contributed by atoms with van der Waals surface area (Å²) in [6.07, 6.45) is 1.61. The highest BCUT2D eigenvalue weighted by Gasteiger charge is 2.04. The SMILES string of the molecule is Cc1cnc2[nH]c(=O)n(C)c(=O)c2c1. The van der Waals surface area contributed by atoms with Gasteiger partial charge in [-0.05, 0) is 18.6 Å². The zero-order chi connectivity index (χ0) is 10.3. The van der Waals surface area contributed by atoms with Gasteiger partial charge in [-0.15, -0.1) is 0 Å². The lowest BCUT2D eigenvalue weighted by Gasteiger charge is -2.00. The molecule has 0 atom stereocenters. The lowest BCUT2D eigenvalue weighted by molar-refractivity contribution is 0.790. The Balaban J connectivity index is 3.07. The Morgan fingerprint density at radius 3 is 2.86 bits per heavy atom. The topological polar surface area (TPSA) is 67.8 Å². The molecule has 2 aromatic rings. The van der Waals surface area contributed by atoms with Gasteiger partial charge in [0.15, 0.2) is 0 Å². The Morgan fingerprint density at radius 2 is 2.14 bits per heavy atom. The van der Waals surface area contributed by atoms with Crippen LogP contribution in [0.15, 0.2) is 21.9 Å². The Labute approximate surface area is 79.0 Å². The van der Waals surface area contributed by atoms with Gasteiger partial charge in [0.05, 0.1) is 5.39 Å². The van der Waals surface area contributed by atoms with Crippen molar-refractivity contribution in [2.45, 2.75) is 6.92 Å². The Bertz CT molecular complexity index is 609. The average molecular weight is 191 g/mol. The molecular weight excluding hydrogens is 182 g/mol. The number of aryl methyl sites for hydroxylation is 1. The fourth-order valence-electron chi connectivity index (χ4n) is 1.29. The standard InChI is InChI=1S/C9H9N3O2/c1-5-3-6-7(10-4-5)11-9(14)12(2)8(6)13/h3-4H,1-2H3,(H,10,11,14). The van der Waals surface area contributed by atoms with E-state index in [0.29, 0.717) is 11.0 Å². The monoisotopic (exact) mass is 191 g/mol. The summed E-state index contributed by atoms with van der Waals surface area (Å²) in [5.41, 5.74) is 0.462. The molecule has 0 aliphatic rings. The molecule has 0 saturated heterocycles. The maximum Gasteiger partial charge on any atom is 0.329 e. The number of fused-ring (bicyclic) bond motifs is 1. The zero-order valence-corrected chi connectivity index (χ0v) is 7.87. The van der Waals surface area contributed by atoms with Crippen LogP contribution in [0.3, 0.4) is 0 Å². The summed E-state index contributed by atoms with van der Waals surface area (Å²) in [6.45, 7) is 1.84. The lowest BCUT2D eigenvalue weighted by Crippen LogP contribution is -2.32. The fourth-order valence-corrected chi connectivity index (χ4v) is 1.29. The molecule has 2 heterocycles. The highest BCUT2D eigenvalue weighted by molar-refractivity contribution is 5.73. The highest BCUT2D eigenvalue weighted by Crippen LogP contribution is 2.03. The van der Waals surface area contributed by atoms with E-state index >= 15 is 0 Å². The third-order valence-corrected chi connectivity index (χ3v) is 2.09. The normalized spacial score (nSPS) is 10.7. The van der Waals surface area contributed by atoms with Gasteiger partial charge in [-0.3, -0.25) is 14.3 Å². The van der Waals surface area contributed by atoms with Crippen molar-refractivity contribution in [3.8, 4) is 0 Å². The minimum absolute atomic E-state index is 0.319. The third kappa shape index (κ3) is 1.14. The molecule has 0 unspecified atom stereocenters. The molecule has 14 heavy (non-hydrogen) atoms. The second kappa shape index (κ2) is 2.80. The van der Waals surface area contributed by atoms with Crippen molar-refractivity contribution in [2.75, 3.05) is 0 Å². The van der Waals surface area contributed by atoms with Crippen LogP contribution in [0.5, 0.6) is 0 Å². The second-order valence-corrected chi connectivity index (χ2v) is 3.20. The lowest BCUT2D eigenvalue weighted by atomic mass is 10.2. The van der Waals surface area contributed by atoms with Crippen molar-refractivity contribution in [1.29, 1.82) is 0 Å². The molecule has 72 valence electrons. The zero-order valence-electron chi connectivity index (χ0n) is 7.87. The van der Waals surface area contributed by atoms with Crippen LogP contribution in [-0.2, 0) is 7.05 Å². The molecule has 2 aromatic heterocycles. The largest absolute Gasteiger partial charge is 0.329 e. The Hall–Kier alpha value is -1.91.